The van der Waals surface area contributed by atoms with E-state index >= 15 is 0 Å². The van der Waals surface area contributed by atoms with E-state index in [9.17, 15) is 4.79 Å². The van der Waals surface area contributed by atoms with Crippen LogP contribution in [0.5, 0.6) is 0 Å². The first-order chi connectivity index (χ1) is 10.7. The molecular weight excluding hydrogens is 298 g/mol. The Bertz CT molecular complexity index is 736. The second-order valence-corrected chi connectivity index (χ2v) is 6.90. The molecule has 1 saturated carbocycles. The van der Waals surface area contributed by atoms with Gasteiger partial charge in [-0.25, -0.2) is 9.67 Å². The molecular formula is C15H19N5OS. The molecule has 1 aliphatic heterocycles. The molecule has 0 amide bonds. The van der Waals surface area contributed by atoms with E-state index in [-0.39, 0.29) is 11.6 Å². The van der Waals surface area contributed by atoms with Crippen LogP contribution in [0.1, 0.15) is 43.1 Å². The number of aromatic nitrogens is 4. The SMILES string of the molecule is Cc1nsc(N2CCCC2Cn2nc(C3CC3)ccc2=O)n1. The first kappa shape index (κ1) is 13.9. The van der Waals surface area contributed by atoms with Gasteiger partial charge in [0.2, 0.25) is 5.13 Å². The van der Waals surface area contributed by atoms with Crippen molar-refractivity contribution in [3.8, 4) is 0 Å². The number of nitrogens with zero attached hydrogens (tertiary/aromatic N) is 5. The van der Waals surface area contributed by atoms with Crippen molar-refractivity contribution in [3.05, 3.63) is 34.0 Å². The van der Waals surface area contributed by atoms with Crippen molar-refractivity contribution in [3.63, 3.8) is 0 Å². The van der Waals surface area contributed by atoms with E-state index in [1.165, 1.54) is 24.4 Å². The van der Waals surface area contributed by atoms with E-state index in [1.54, 1.807) is 10.7 Å². The topological polar surface area (TPSA) is 63.9 Å². The third-order valence-corrected chi connectivity index (χ3v) is 5.25. The smallest absolute Gasteiger partial charge is 0.266 e. The fourth-order valence-corrected chi connectivity index (χ4v) is 3.84. The molecule has 2 aliphatic rings. The van der Waals surface area contributed by atoms with Crippen LogP contribution < -0.4 is 10.5 Å². The standard InChI is InChI=1S/C15H19N5OS/c1-10-16-15(22-18-10)19-8-2-3-12(19)9-20-14(21)7-6-13(17-20)11-4-5-11/h6-7,11-12H,2-5,8-9H2,1H3. The summed E-state index contributed by atoms with van der Waals surface area (Å²) < 4.78 is 5.91. The quantitative estimate of drug-likeness (QED) is 0.862. The lowest BCUT2D eigenvalue weighted by Crippen LogP contribution is -2.37. The Morgan fingerprint density at radius 3 is 2.91 bits per heavy atom. The van der Waals surface area contributed by atoms with Gasteiger partial charge in [0.1, 0.15) is 5.82 Å². The summed E-state index contributed by atoms with van der Waals surface area (Å²) in [5.41, 5.74) is 1.06. The van der Waals surface area contributed by atoms with E-state index in [1.807, 2.05) is 13.0 Å². The van der Waals surface area contributed by atoms with Crippen molar-refractivity contribution in [1.82, 2.24) is 19.1 Å². The average Bonchev–Trinajstić information content (AvgIpc) is 3.11. The molecule has 1 atom stereocenters. The summed E-state index contributed by atoms with van der Waals surface area (Å²) >= 11 is 1.44. The van der Waals surface area contributed by atoms with Crippen LogP contribution in [0.15, 0.2) is 16.9 Å². The van der Waals surface area contributed by atoms with Gasteiger partial charge < -0.3 is 4.90 Å². The van der Waals surface area contributed by atoms with Crippen molar-refractivity contribution in [2.75, 3.05) is 11.4 Å². The van der Waals surface area contributed by atoms with Crippen LogP contribution in [0.2, 0.25) is 0 Å². The highest BCUT2D eigenvalue weighted by Crippen LogP contribution is 2.38. The summed E-state index contributed by atoms with van der Waals surface area (Å²) in [6.45, 7) is 3.53. The summed E-state index contributed by atoms with van der Waals surface area (Å²) in [5, 5.41) is 5.54. The second kappa shape index (κ2) is 5.46. The first-order valence-corrected chi connectivity index (χ1v) is 8.63. The Kier molecular flexibility index (Phi) is 3.44. The zero-order valence-corrected chi connectivity index (χ0v) is 13.4. The average molecular weight is 317 g/mol. The van der Waals surface area contributed by atoms with Crippen LogP contribution in [-0.2, 0) is 6.54 Å². The molecule has 116 valence electrons. The van der Waals surface area contributed by atoms with Crippen LogP contribution in [0.25, 0.3) is 0 Å². The molecule has 0 spiro atoms. The van der Waals surface area contributed by atoms with Crippen LogP contribution in [-0.4, -0.2) is 31.7 Å². The monoisotopic (exact) mass is 317 g/mol. The molecule has 7 heteroatoms. The zero-order chi connectivity index (χ0) is 15.1. The van der Waals surface area contributed by atoms with Gasteiger partial charge in [-0.05, 0) is 38.7 Å². The Balaban J connectivity index is 1.57. The molecule has 2 aromatic heterocycles. The van der Waals surface area contributed by atoms with Crippen molar-refractivity contribution >= 4 is 16.7 Å². The number of aryl methyl sites for hydroxylation is 1. The highest BCUT2D eigenvalue weighted by Gasteiger charge is 2.29. The van der Waals surface area contributed by atoms with E-state index in [0.717, 1.165) is 36.0 Å². The van der Waals surface area contributed by atoms with Crippen LogP contribution in [0.4, 0.5) is 5.13 Å². The molecule has 1 aliphatic carbocycles. The van der Waals surface area contributed by atoms with Gasteiger partial charge in [0.15, 0.2) is 0 Å². The highest BCUT2D eigenvalue weighted by molar-refractivity contribution is 7.09. The molecule has 1 unspecified atom stereocenters. The molecule has 2 fully saturated rings. The maximum atomic E-state index is 12.1. The predicted octanol–water partition coefficient (Wildman–Crippen LogP) is 1.95. The lowest BCUT2D eigenvalue weighted by atomic mass is 10.2. The minimum Gasteiger partial charge on any atom is -0.342 e. The van der Waals surface area contributed by atoms with Crippen LogP contribution in [0.3, 0.4) is 0 Å². The number of rotatable bonds is 4. The molecule has 22 heavy (non-hydrogen) atoms. The van der Waals surface area contributed by atoms with Gasteiger partial charge in [-0.2, -0.15) is 9.47 Å². The predicted molar refractivity (Wildman–Crippen MR) is 85.5 cm³/mol. The van der Waals surface area contributed by atoms with Gasteiger partial charge in [0, 0.05) is 30.1 Å². The second-order valence-electron chi connectivity index (χ2n) is 6.17. The molecule has 0 radical (unpaired) electrons. The highest BCUT2D eigenvalue weighted by atomic mass is 32.1. The van der Waals surface area contributed by atoms with Gasteiger partial charge in [0.05, 0.1) is 18.3 Å². The Hall–Kier alpha value is -1.76. The van der Waals surface area contributed by atoms with Gasteiger partial charge in [-0.1, -0.05) is 0 Å². The maximum absolute atomic E-state index is 12.1. The van der Waals surface area contributed by atoms with E-state index in [2.05, 4.69) is 19.4 Å². The Labute approximate surface area is 133 Å². The van der Waals surface area contributed by atoms with Crippen molar-refractivity contribution in [1.29, 1.82) is 0 Å². The number of hydrogen-bond acceptors (Lipinski definition) is 6. The summed E-state index contributed by atoms with van der Waals surface area (Å²) in [6, 6.07) is 3.83. The van der Waals surface area contributed by atoms with Crippen LogP contribution >= 0.6 is 11.5 Å². The number of hydrogen-bond donors (Lipinski definition) is 0. The molecule has 6 nitrogen and oxygen atoms in total. The summed E-state index contributed by atoms with van der Waals surface area (Å²) in [7, 11) is 0. The molecule has 0 aromatic carbocycles. The lowest BCUT2D eigenvalue weighted by molar-refractivity contribution is 0.482. The normalized spacial score (nSPS) is 21.5. The van der Waals surface area contributed by atoms with E-state index in [4.69, 9.17) is 0 Å². The Morgan fingerprint density at radius 1 is 1.32 bits per heavy atom. The van der Waals surface area contributed by atoms with Gasteiger partial charge in [-0.3, -0.25) is 4.79 Å². The molecule has 2 aromatic rings. The molecule has 4 rings (SSSR count). The minimum absolute atomic E-state index is 0.00954. The van der Waals surface area contributed by atoms with Gasteiger partial charge >= 0.3 is 0 Å². The van der Waals surface area contributed by atoms with Gasteiger partial charge in [-0.15, -0.1) is 0 Å². The molecule has 1 saturated heterocycles. The zero-order valence-electron chi connectivity index (χ0n) is 12.6. The molecule has 0 N–H and O–H groups in total. The summed E-state index contributed by atoms with van der Waals surface area (Å²) in [6.07, 6.45) is 4.59. The third-order valence-electron chi connectivity index (χ3n) is 4.41. The van der Waals surface area contributed by atoms with E-state index in [0.29, 0.717) is 12.5 Å². The molecule has 3 heterocycles. The fourth-order valence-electron chi connectivity index (χ4n) is 3.07. The first-order valence-electron chi connectivity index (χ1n) is 7.86. The lowest BCUT2D eigenvalue weighted by Gasteiger charge is -2.23. The van der Waals surface area contributed by atoms with Crippen LogP contribution in [0, 0.1) is 6.92 Å². The molecule has 0 bridgehead atoms. The Morgan fingerprint density at radius 2 is 2.18 bits per heavy atom. The fraction of sp³-hybridized carbons (Fsp3) is 0.600. The summed E-state index contributed by atoms with van der Waals surface area (Å²) in [4.78, 5) is 18.9. The minimum atomic E-state index is -0.00954. The van der Waals surface area contributed by atoms with Gasteiger partial charge in [0.25, 0.3) is 5.56 Å². The summed E-state index contributed by atoms with van der Waals surface area (Å²) in [5.74, 6) is 1.38. The largest absolute Gasteiger partial charge is 0.342 e. The van der Waals surface area contributed by atoms with Crippen molar-refractivity contribution in [2.24, 2.45) is 0 Å². The third kappa shape index (κ3) is 2.65. The van der Waals surface area contributed by atoms with Crippen molar-refractivity contribution in [2.45, 2.75) is 51.1 Å². The maximum Gasteiger partial charge on any atom is 0.266 e. The van der Waals surface area contributed by atoms with Crippen molar-refractivity contribution < 1.29 is 0 Å². The number of anilines is 1. The van der Waals surface area contributed by atoms with E-state index < -0.39 is 0 Å².